The minimum Gasteiger partial charge on any atom is -0.461 e. The zero-order chi connectivity index (χ0) is 19.5. The quantitative estimate of drug-likeness (QED) is 0.574. The van der Waals surface area contributed by atoms with Gasteiger partial charge in [0.2, 0.25) is 0 Å². The number of allylic oxidation sites excluding steroid dienone is 1. The summed E-state index contributed by atoms with van der Waals surface area (Å²) in [5.41, 5.74) is 1.06. The largest absolute Gasteiger partial charge is 0.461 e. The summed E-state index contributed by atoms with van der Waals surface area (Å²) in [5.74, 6) is -0.453. The molecule has 0 unspecified atom stereocenters. The molecule has 3 aliphatic heterocycles. The molecule has 0 aromatic rings. The lowest BCUT2D eigenvalue weighted by molar-refractivity contribution is -0.186. The molecule has 0 aromatic heterocycles. The first-order valence-electron chi connectivity index (χ1n) is 11.0. The SMILES string of the molecule is C[C@@H]1CCC=C2C[C@H]3OC(=O)[C@H](CN4CCC5(CC4)OCCO5)[C@H]3[C@H](O)[C@@]21C. The van der Waals surface area contributed by atoms with Crippen LogP contribution in [0.3, 0.4) is 0 Å². The van der Waals surface area contributed by atoms with Crippen molar-refractivity contribution in [1.29, 1.82) is 0 Å². The van der Waals surface area contributed by atoms with E-state index in [-0.39, 0.29) is 29.3 Å². The van der Waals surface area contributed by atoms with E-state index < -0.39 is 11.9 Å². The molecular formula is C22H33NO5. The van der Waals surface area contributed by atoms with Crippen LogP contribution in [0.4, 0.5) is 0 Å². The molecule has 156 valence electrons. The van der Waals surface area contributed by atoms with E-state index in [4.69, 9.17) is 14.2 Å². The van der Waals surface area contributed by atoms with Crippen LogP contribution in [0.25, 0.3) is 0 Å². The molecule has 6 heteroatoms. The highest BCUT2D eigenvalue weighted by Gasteiger charge is 2.60. The van der Waals surface area contributed by atoms with E-state index in [1.807, 2.05) is 0 Å². The van der Waals surface area contributed by atoms with Gasteiger partial charge < -0.3 is 24.2 Å². The van der Waals surface area contributed by atoms with Crippen LogP contribution in [0.1, 0.15) is 46.0 Å². The van der Waals surface area contributed by atoms with Crippen molar-refractivity contribution in [3.8, 4) is 0 Å². The maximum atomic E-state index is 12.8. The molecule has 28 heavy (non-hydrogen) atoms. The Labute approximate surface area is 167 Å². The van der Waals surface area contributed by atoms with Crippen molar-refractivity contribution >= 4 is 5.97 Å². The Balaban J connectivity index is 1.31. The zero-order valence-electron chi connectivity index (χ0n) is 17.1. The molecule has 5 rings (SSSR count). The Hall–Kier alpha value is -0.950. The maximum absolute atomic E-state index is 12.8. The number of likely N-dealkylation sites (tertiary alicyclic amines) is 1. The second-order valence-corrected chi connectivity index (χ2v) is 9.71. The second kappa shape index (κ2) is 6.79. The summed E-state index contributed by atoms with van der Waals surface area (Å²) in [5, 5.41) is 11.5. The van der Waals surface area contributed by atoms with Gasteiger partial charge >= 0.3 is 5.97 Å². The smallest absolute Gasteiger partial charge is 0.311 e. The Morgan fingerprint density at radius 1 is 1.25 bits per heavy atom. The molecule has 1 N–H and O–H groups in total. The number of ether oxygens (including phenoxy) is 3. The van der Waals surface area contributed by atoms with Gasteiger partial charge in [-0.3, -0.25) is 4.79 Å². The minimum absolute atomic E-state index is 0.106. The molecule has 2 aliphatic carbocycles. The van der Waals surface area contributed by atoms with Crippen molar-refractivity contribution in [3.05, 3.63) is 11.6 Å². The van der Waals surface area contributed by atoms with Gasteiger partial charge in [-0.05, 0) is 18.8 Å². The fourth-order valence-electron chi connectivity index (χ4n) is 6.41. The molecule has 0 aromatic carbocycles. The standard InChI is InChI=1S/C22H33NO5/c1-14-4-3-5-15-12-17-18(19(24)21(14,15)2)16(20(25)28-17)13-23-8-6-22(7-9-23)26-10-11-27-22/h5,14,16-19,24H,3-4,6-13H2,1-2H3/t14-,16-,17-,18-,19+,21-/m1/s1. The summed E-state index contributed by atoms with van der Waals surface area (Å²) in [4.78, 5) is 15.1. The third-order valence-electron chi connectivity index (χ3n) is 8.46. The average Bonchev–Trinajstić information content (AvgIpc) is 3.25. The lowest BCUT2D eigenvalue weighted by atomic mass is 9.55. The maximum Gasteiger partial charge on any atom is 0.311 e. The van der Waals surface area contributed by atoms with E-state index >= 15 is 0 Å². The van der Waals surface area contributed by atoms with Crippen LogP contribution >= 0.6 is 0 Å². The van der Waals surface area contributed by atoms with E-state index in [1.165, 1.54) is 5.57 Å². The first kappa shape index (κ1) is 19.0. The van der Waals surface area contributed by atoms with Crippen molar-refractivity contribution in [2.45, 2.75) is 63.9 Å². The molecule has 1 spiro atoms. The molecule has 4 fully saturated rings. The molecule has 3 heterocycles. The fraction of sp³-hybridized carbons (Fsp3) is 0.864. The van der Waals surface area contributed by atoms with Crippen LogP contribution < -0.4 is 0 Å². The number of hydrogen-bond donors (Lipinski definition) is 1. The Morgan fingerprint density at radius 3 is 2.68 bits per heavy atom. The first-order chi connectivity index (χ1) is 13.4. The number of carbonyl (C=O) groups is 1. The summed E-state index contributed by atoms with van der Waals surface area (Å²) >= 11 is 0. The number of fused-ring (bicyclic) bond motifs is 2. The van der Waals surface area contributed by atoms with Crippen molar-refractivity contribution in [2.75, 3.05) is 32.8 Å². The van der Waals surface area contributed by atoms with Gasteiger partial charge in [0.15, 0.2) is 5.79 Å². The molecule has 1 saturated carbocycles. The summed E-state index contributed by atoms with van der Waals surface area (Å²) in [6, 6.07) is 0. The lowest BCUT2D eigenvalue weighted by Crippen LogP contribution is -2.55. The molecule has 5 aliphatic rings. The lowest BCUT2D eigenvalue weighted by Gasteiger charge is -2.52. The molecule has 0 bridgehead atoms. The van der Waals surface area contributed by atoms with Gasteiger partial charge in [-0.1, -0.05) is 25.5 Å². The van der Waals surface area contributed by atoms with Gasteiger partial charge in [0.05, 0.1) is 25.2 Å². The predicted molar refractivity (Wildman–Crippen MR) is 102 cm³/mol. The fourth-order valence-corrected chi connectivity index (χ4v) is 6.41. The third kappa shape index (κ3) is 2.79. The highest BCUT2D eigenvalue weighted by atomic mass is 16.7. The number of hydrogen-bond acceptors (Lipinski definition) is 6. The summed E-state index contributed by atoms with van der Waals surface area (Å²) in [6.45, 7) is 8.18. The topological polar surface area (TPSA) is 68.2 Å². The predicted octanol–water partition coefficient (Wildman–Crippen LogP) is 2.11. The van der Waals surface area contributed by atoms with Gasteiger partial charge in [-0.25, -0.2) is 0 Å². The van der Waals surface area contributed by atoms with E-state index in [0.717, 1.165) is 45.2 Å². The first-order valence-corrected chi connectivity index (χ1v) is 11.0. The number of aliphatic hydroxyl groups excluding tert-OH is 1. The van der Waals surface area contributed by atoms with Crippen LogP contribution in [-0.4, -0.2) is 66.8 Å². The number of esters is 1. The highest BCUT2D eigenvalue weighted by Crippen LogP contribution is 2.56. The van der Waals surface area contributed by atoms with Gasteiger partial charge in [0.25, 0.3) is 0 Å². The summed E-state index contributed by atoms with van der Waals surface area (Å²) in [7, 11) is 0. The molecule has 6 atom stereocenters. The van der Waals surface area contributed by atoms with Crippen molar-refractivity contribution in [2.24, 2.45) is 23.2 Å². The Bertz CT molecular complexity index is 662. The van der Waals surface area contributed by atoms with Gasteiger partial charge in [-0.15, -0.1) is 0 Å². The summed E-state index contributed by atoms with van der Waals surface area (Å²) < 4.78 is 17.4. The number of aliphatic hydroxyl groups is 1. The Kier molecular flexibility index (Phi) is 4.62. The molecule has 3 saturated heterocycles. The molecular weight excluding hydrogens is 358 g/mol. The normalized spacial score (nSPS) is 45.5. The number of carbonyl (C=O) groups excluding carboxylic acids is 1. The monoisotopic (exact) mass is 391 g/mol. The summed E-state index contributed by atoms with van der Waals surface area (Å²) in [6.07, 6.45) is 6.22. The van der Waals surface area contributed by atoms with Gasteiger partial charge in [-0.2, -0.15) is 0 Å². The van der Waals surface area contributed by atoms with Crippen molar-refractivity contribution in [1.82, 2.24) is 4.90 Å². The van der Waals surface area contributed by atoms with Crippen LogP contribution in [0.2, 0.25) is 0 Å². The van der Waals surface area contributed by atoms with Crippen molar-refractivity contribution in [3.63, 3.8) is 0 Å². The molecule has 0 radical (unpaired) electrons. The van der Waals surface area contributed by atoms with E-state index in [0.29, 0.717) is 25.7 Å². The second-order valence-electron chi connectivity index (χ2n) is 9.71. The molecule has 0 amide bonds. The number of piperidine rings is 1. The third-order valence-corrected chi connectivity index (χ3v) is 8.46. The minimum atomic E-state index is -0.526. The zero-order valence-corrected chi connectivity index (χ0v) is 17.1. The van der Waals surface area contributed by atoms with Crippen LogP contribution in [0, 0.1) is 23.2 Å². The number of nitrogens with zero attached hydrogens (tertiary/aromatic N) is 1. The number of rotatable bonds is 2. The average molecular weight is 392 g/mol. The molecule has 6 nitrogen and oxygen atoms in total. The van der Waals surface area contributed by atoms with Gasteiger partial charge in [0.1, 0.15) is 6.10 Å². The van der Waals surface area contributed by atoms with Crippen LogP contribution in [0.5, 0.6) is 0 Å². The van der Waals surface area contributed by atoms with E-state index in [1.54, 1.807) is 0 Å². The van der Waals surface area contributed by atoms with E-state index in [9.17, 15) is 9.90 Å². The van der Waals surface area contributed by atoms with Crippen LogP contribution in [-0.2, 0) is 19.0 Å². The van der Waals surface area contributed by atoms with E-state index in [2.05, 4.69) is 24.8 Å². The van der Waals surface area contributed by atoms with Gasteiger partial charge in [0, 0.05) is 50.2 Å². The van der Waals surface area contributed by atoms with Crippen LogP contribution in [0.15, 0.2) is 11.6 Å². The highest BCUT2D eigenvalue weighted by molar-refractivity contribution is 5.76. The van der Waals surface area contributed by atoms with Crippen molar-refractivity contribution < 1.29 is 24.1 Å². The Morgan fingerprint density at radius 2 is 1.96 bits per heavy atom.